The van der Waals surface area contributed by atoms with Crippen molar-refractivity contribution in [2.45, 2.75) is 26.9 Å². The van der Waals surface area contributed by atoms with E-state index in [2.05, 4.69) is 34.2 Å². The van der Waals surface area contributed by atoms with Crippen molar-refractivity contribution in [1.82, 2.24) is 20.4 Å². The first-order valence-corrected chi connectivity index (χ1v) is 8.32. The highest BCUT2D eigenvalue weighted by Crippen LogP contribution is 2.17. The summed E-state index contributed by atoms with van der Waals surface area (Å²) < 4.78 is 7.58. The predicted octanol–water partition coefficient (Wildman–Crippen LogP) is 2.47. The van der Waals surface area contributed by atoms with Gasteiger partial charge < -0.3 is 15.4 Å². The summed E-state index contributed by atoms with van der Waals surface area (Å²) in [6.07, 6.45) is 1.74. The molecule has 0 saturated carbocycles. The molecule has 1 aromatic carbocycles. The van der Waals surface area contributed by atoms with E-state index < -0.39 is 0 Å². The van der Waals surface area contributed by atoms with Gasteiger partial charge in [0, 0.05) is 44.0 Å². The average Bonchev–Trinajstić information content (AvgIpc) is 2.86. The van der Waals surface area contributed by atoms with E-state index in [1.165, 1.54) is 5.56 Å². The van der Waals surface area contributed by atoms with Gasteiger partial charge in [-0.1, -0.05) is 30.9 Å². The van der Waals surface area contributed by atoms with Crippen LogP contribution in [0.5, 0.6) is 5.75 Å². The standard InChI is InChI=1S/C19H27N5O/c1-6-11-25-18-10-8-7-9-16(18)12-21-19(20-4)22-13-17-14(2)23-24(5)15(17)3/h6-10H,1,11-13H2,2-5H3,(H2,20,21,22). The van der Waals surface area contributed by atoms with Crippen molar-refractivity contribution in [3.63, 3.8) is 0 Å². The summed E-state index contributed by atoms with van der Waals surface area (Å²) in [5.41, 5.74) is 4.45. The predicted molar refractivity (Wildman–Crippen MR) is 102 cm³/mol. The second-order valence-corrected chi connectivity index (χ2v) is 5.76. The van der Waals surface area contributed by atoms with Gasteiger partial charge in [-0.15, -0.1) is 0 Å². The van der Waals surface area contributed by atoms with Crippen LogP contribution in [0.15, 0.2) is 41.9 Å². The van der Waals surface area contributed by atoms with Gasteiger partial charge in [-0.3, -0.25) is 9.67 Å². The second-order valence-electron chi connectivity index (χ2n) is 5.76. The van der Waals surface area contributed by atoms with E-state index in [1.54, 1.807) is 13.1 Å². The molecule has 0 amide bonds. The Bertz CT molecular complexity index is 748. The summed E-state index contributed by atoms with van der Waals surface area (Å²) in [6.45, 7) is 9.57. The Balaban J connectivity index is 1.96. The van der Waals surface area contributed by atoms with Gasteiger partial charge in [-0.25, -0.2) is 0 Å². The lowest BCUT2D eigenvalue weighted by Crippen LogP contribution is -2.36. The van der Waals surface area contributed by atoms with E-state index in [0.717, 1.165) is 28.7 Å². The number of guanidine groups is 1. The fraction of sp³-hybridized carbons (Fsp3) is 0.368. The van der Waals surface area contributed by atoms with Crippen molar-refractivity contribution in [2.75, 3.05) is 13.7 Å². The van der Waals surface area contributed by atoms with Gasteiger partial charge in [-0.2, -0.15) is 5.10 Å². The molecule has 25 heavy (non-hydrogen) atoms. The molecule has 0 spiro atoms. The van der Waals surface area contributed by atoms with E-state index in [9.17, 15) is 0 Å². The van der Waals surface area contributed by atoms with Gasteiger partial charge in [0.15, 0.2) is 5.96 Å². The number of rotatable bonds is 7. The Morgan fingerprint density at radius 2 is 2.00 bits per heavy atom. The molecule has 134 valence electrons. The zero-order valence-corrected chi connectivity index (χ0v) is 15.5. The van der Waals surface area contributed by atoms with Crippen molar-refractivity contribution in [1.29, 1.82) is 0 Å². The quantitative estimate of drug-likeness (QED) is 0.461. The van der Waals surface area contributed by atoms with Crippen molar-refractivity contribution in [3.8, 4) is 5.75 Å². The highest BCUT2D eigenvalue weighted by atomic mass is 16.5. The van der Waals surface area contributed by atoms with E-state index in [0.29, 0.717) is 19.7 Å². The molecule has 0 saturated heterocycles. The smallest absolute Gasteiger partial charge is 0.191 e. The summed E-state index contributed by atoms with van der Waals surface area (Å²) >= 11 is 0. The third kappa shape index (κ3) is 4.86. The zero-order valence-electron chi connectivity index (χ0n) is 15.5. The molecule has 6 heteroatoms. The number of benzene rings is 1. The number of aryl methyl sites for hydroxylation is 2. The first-order chi connectivity index (χ1) is 12.1. The number of hydrogen-bond donors (Lipinski definition) is 2. The van der Waals surface area contributed by atoms with Crippen LogP contribution in [0.2, 0.25) is 0 Å². The summed E-state index contributed by atoms with van der Waals surface area (Å²) in [6, 6.07) is 7.95. The molecule has 0 fully saturated rings. The monoisotopic (exact) mass is 341 g/mol. The number of hydrogen-bond acceptors (Lipinski definition) is 3. The van der Waals surface area contributed by atoms with E-state index >= 15 is 0 Å². The number of ether oxygens (including phenoxy) is 1. The molecule has 2 N–H and O–H groups in total. The molecule has 2 aromatic rings. The Morgan fingerprint density at radius 3 is 2.64 bits per heavy atom. The second kappa shape index (κ2) is 8.92. The van der Waals surface area contributed by atoms with Gasteiger partial charge in [0.2, 0.25) is 0 Å². The van der Waals surface area contributed by atoms with Gasteiger partial charge in [-0.05, 0) is 19.9 Å². The average molecular weight is 341 g/mol. The van der Waals surface area contributed by atoms with Crippen LogP contribution in [-0.4, -0.2) is 29.4 Å². The maximum atomic E-state index is 5.69. The van der Waals surface area contributed by atoms with Crippen LogP contribution in [0.3, 0.4) is 0 Å². The Hall–Kier alpha value is -2.76. The first kappa shape index (κ1) is 18.6. The topological polar surface area (TPSA) is 63.5 Å². The van der Waals surface area contributed by atoms with Crippen molar-refractivity contribution in [2.24, 2.45) is 12.0 Å². The fourth-order valence-electron chi connectivity index (χ4n) is 2.58. The normalized spacial score (nSPS) is 11.3. The lowest BCUT2D eigenvalue weighted by Gasteiger charge is -2.14. The van der Waals surface area contributed by atoms with Crippen LogP contribution in [0.1, 0.15) is 22.5 Å². The number of nitrogens with one attached hydrogen (secondary N) is 2. The summed E-state index contributed by atoms with van der Waals surface area (Å²) in [5.74, 6) is 1.59. The summed E-state index contributed by atoms with van der Waals surface area (Å²) in [5, 5.41) is 11.1. The summed E-state index contributed by atoms with van der Waals surface area (Å²) in [4.78, 5) is 4.29. The molecule has 1 heterocycles. The van der Waals surface area contributed by atoms with Gasteiger partial charge in [0.25, 0.3) is 0 Å². The van der Waals surface area contributed by atoms with Gasteiger partial charge in [0.1, 0.15) is 12.4 Å². The lowest BCUT2D eigenvalue weighted by molar-refractivity contribution is 0.358. The largest absolute Gasteiger partial charge is 0.489 e. The lowest BCUT2D eigenvalue weighted by atomic mass is 10.2. The molecule has 1 aromatic heterocycles. The zero-order chi connectivity index (χ0) is 18.2. The number of aliphatic imine (C=N–C) groups is 1. The van der Waals surface area contributed by atoms with E-state index in [-0.39, 0.29) is 0 Å². The first-order valence-electron chi connectivity index (χ1n) is 8.32. The van der Waals surface area contributed by atoms with E-state index in [4.69, 9.17) is 4.74 Å². The van der Waals surface area contributed by atoms with Crippen LogP contribution in [0.4, 0.5) is 0 Å². The van der Waals surface area contributed by atoms with Crippen LogP contribution in [0, 0.1) is 13.8 Å². The number of nitrogens with zero attached hydrogens (tertiary/aromatic N) is 3. The molecule has 0 radical (unpaired) electrons. The summed E-state index contributed by atoms with van der Waals surface area (Å²) in [7, 11) is 3.72. The molecular weight excluding hydrogens is 314 g/mol. The van der Waals surface area contributed by atoms with Crippen molar-refractivity contribution in [3.05, 3.63) is 59.4 Å². The van der Waals surface area contributed by atoms with Crippen LogP contribution in [0.25, 0.3) is 0 Å². The van der Waals surface area contributed by atoms with Gasteiger partial charge in [0.05, 0.1) is 5.69 Å². The minimum atomic E-state index is 0.490. The minimum Gasteiger partial charge on any atom is -0.489 e. The third-order valence-electron chi connectivity index (χ3n) is 4.09. The molecule has 0 aliphatic carbocycles. The van der Waals surface area contributed by atoms with E-state index in [1.807, 2.05) is 42.9 Å². The van der Waals surface area contributed by atoms with Crippen molar-refractivity contribution < 1.29 is 4.74 Å². The molecule has 6 nitrogen and oxygen atoms in total. The molecule has 2 rings (SSSR count). The van der Waals surface area contributed by atoms with Crippen LogP contribution >= 0.6 is 0 Å². The third-order valence-corrected chi connectivity index (χ3v) is 4.09. The Labute approximate surface area is 149 Å². The molecule has 0 unspecified atom stereocenters. The Kier molecular flexibility index (Phi) is 6.62. The number of aromatic nitrogens is 2. The van der Waals surface area contributed by atoms with Crippen LogP contribution in [-0.2, 0) is 20.1 Å². The molecular formula is C19H27N5O. The molecule has 0 aliphatic heterocycles. The van der Waals surface area contributed by atoms with Crippen LogP contribution < -0.4 is 15.4 Å². The molecule has 0 aliphatic rings. The minimum absolute atomic E-state index is 0.490. The SMILES string of the molecule is C=CCOc1ccccc1CNC(=NC)NCc1c(C)nn(C)c1C. The van der Waals surface area contributed by atoms with Crippen molar-refractivity contribution >= 4 is 5.96 Å². The Morgan fingerprint density at radius 1 is 1.28 bits per heavy atom. The number of para-hydroxylation sites is 1. The fourth-order valence-corrected chi connectivity index (χ4v) is 2.58. The maximum Gasteiger partial charge on any atom is 0.191 e. The highest BCUT2D eigenvalue weighted by Gasteiger charge is 2.10. The molecule has 0 bridgehead atoms. The van der Waals surface area contributed by atoms with Gasteiger partial charge >= 0.3 is 0 Å². The highest BCUT2D eigenvalue weighted by molar-refractivity contribution is 5.79. The molecule has 0 atom stereocenters. The maximum absolute atomic E-state index is 5.69.